The van der Waals surface area contributed by atoms with E-state index in [1.807, 2.05) is 31.2 Å². The van der Waals surface area contributed by atoms with Crippen LogP contribution >= 0.6 is 15.9 Å². The molecule has 0 heterocycles. The standard InChI is InChI=1S/C14H14BrFN2/c1-9-5-7-10(8-6-9)14(18-17)11-3-2-4-12(15)13(11)16/h2-8,14,18H,17H2,1H3. The van der Waals surface area contributed by atoms with E-state index in [1.165, 1.54) is 0 Å². The Morgan fingerprint density at radius 3 is 2.44 bits per heavy atom. The molecule has 0 aliphatic rings. The van der Waals surface area contributed by atoms with Gasteiger partial charge < -0.3 is 0 Å². The summed E-state index contributed by atoms with van der Waals surface area (Å²) >= 11 is 3.18. The third kappa shape index (κ3) is 2.61. The number of benzene rings is 2. The van der Waals surface area contributed by atoms with E-state index in [0.29, 0.717) is 10.0 Å². The molecule has 94 valence electrons. The Morgan fingerprint density at radius 2 is 1.83 bits per heavy atom. The van der Waals surface area contributed by atoms with Crippen molar-refractivity contribution in [3.05, 3.63) is 69.4 Å². The van der Waals surface area contributed by atoms with Gasteiger partial charge in [-0.1, -0.05) is 42.0 Å². The molecule has 0 aliphatic carbocycles. The zero-order valence-corrected chi connectivity index (χ0v) is 11.5. The van der Waals surface area contributed by atoms with Crippen molar-refractivity contribution in [2.24, 2.45) is 5.84 Å². The zero-order chi connectivity index (χ0) is 13.1. The lowest BCUT2D eigenvalue weighted by atomic mass is 9.98. The molecule has 2 aromatic rings. The normalized spacial score (nSPS) is 12.4. The minimum atomic E-state index is -0.358. The number of nitrogens with two attached hydrogens (primary N) is 1. The molecule has 1 unspecified atom stereocenters. The van der Waals surface area contributed by atoms with Crippen LogP contribution in [0.3, 0.4) is 0 Å². The fourth-order valence-electron chi connectivity index (χ4n) is 1.87. The van der Waals surface area contributed by atoms with Gasteiger partial charge in [0.25, 0.3) is 0 Å². The first-order valence-corrected chi connectivity index (χ1v) is 6.39. The predicted octanol–water partition coefficient (Wildman–Crippen LogP) is 3.45. The summed E-state index contributed by atoms with van der Waals surface area (Å²) in [6.07, 6.45) is 0. The molecular weight excluding hydrogens is 295 g/mol. The van der Waals surface area contributed by atoms with E-state index in [4.69, 9.17) is 5.84 Å². The maximum absolute atomic E-state index is 14.1. The number of rotatable bonds is 3. The van der Waals surface area contributed by atoms with Gasteiger partial charge in [0.05, 0.1) is 10.5 Å². The largest absolute Gasteiger partial charge is 0.271 e. The van der Waals surface area contributed by atoms with Crippen LogP contribution in [0.1, 0.15) is 22.7 Å². The van der Waals surface area contributed by atoms with Crippen molar-refractivity contribution in [3.63, 3.8) is 0 Å². The van der Waals surface area contributed by atoms with Gasteiger partial charge >= 0.3 is 0 Å². The first-order chi connectivity index (χ1) is 8.63. The van der Waals surface area contributed by atoms with Crippen LogP contribution in [0.2, 0.25) is 0 Å². The Labute approximate surface area is 114 Å². The molecule has 2 nitrogen and oxygen atoms in total. The number of hydrogen-bond acceptors (Lipinski definition) is 2. The fourth-order valence-corrected chi connectivity index (χ4v) is 2.25. The van der Waals surface area contributed by atoms with E-state index < -0.39 is 0 Å². The highest BCUT2D eigenvalue weighted by Gasteiger charge is 2.17. The molecule has 2 rings (SSSR count). The van der Waals surface area contributed by atoms with Crippen molar-refractivity contribution in [1.82, 2.24) is 5.43 Å². The van der Waals surface area contributed by atoms with Gasteiger partial charge in [0.15, 0.2) is 0 Å². The lowest BCUT2D eigenvalue weighted by Gasteiger charge is -2.18. The summed E-state index contributed by atoms with van der Waals surface area (Å²) in [5.74, 6) is 5.27. The summed E-state index contributed by atoms with van der Waals surface area (Å²) in [5.41, 5.74) is 5.27. The number of hydrazine groups is 1. The first kappa shape index (κ1) is 13.2. The van der Waals surface area contributed by atoms with Crippen molar-refractivity contribution < 1.29 is 4.39 Å². The minimum absolute atomic E-state index is 0.291. The van der Waals surface area contributed by atoms with Crippen LogP contribution in [0.15, 0.2) is 46.9 Å². The Balaban J connectivity index is 2.45. The monoisotopic (exact) mass is 308 g/mol. The SMILES string of the molecule is Cc1ccc(C(NN)c2cccc(Br)c2F)cc1. The topological polar surface area (TPSA) is 38.0 Å². The van der Waals surface area contributed by atoms with E-state index in [2.05, 4.69) is 21.4 Å². The summed E-state index contributed by atoms with van der Waals surface area (Å²) in [7, 11) is 0. The summed E-state index contributed by atoms with van der Waals surface area (Å²) < 4.78 is 14.5. The molecule has 4 heteroatoms. The van der Waals surface area contributed by atoms with Crippen LogP contribution in [0.5, 0.6) is 0 Å². The van der Waals surface area contributed by atoms with Crippen LogP contribution in [-0.2, 0) is 0 Å². The zero-order valence-electron chi connectivity index (χ0n) is 9.95. The first-order valence-electron chi connectivity index (χ1n) is 5.60. The second-order valence-electron chi connectivity index (χ2n) is 4.15. The van der Waals surface area contributed by atoms with Gasteiger partial charge in [-0.05, 0) is 34.5 Å². The molecule has 0 fully saturated rings. The second-order valence-corrected chi connectivity index (χ2v) is 5.01. The van der Waals surface area contributed by atoms with Gasteiger partial charge in [-0.2, -0.15) is 0 Å². The lowest BCUT2D eigenvalue weighted by Crippen LogP contribution is -2.29. The van der Waals surface area contributed by atoms with Crippen LogP contribution in [0.25, 0.3) is 0 Å². The Kier molecular flexibility index (Phi) is 4.11. The van der Waals surface area contributed by atoms with Crippen LogP contribution in [-0.4, -0.2) is 0 Å². The number of nitrogens with one attached hydrogen (secondary N) is 1. The lowest BCUT2D eigenvalue weighted by molar-refractivity contribution is 0.556. The molecule has 1 atom stereocenters. The molecule has 0 radical (unpaired) electrons. The van der Waals surface area contributed by atoms with Gasteiger partial charge in [0, 0.05) is 5.56 Å². The summed E-state index contributed by atoms with van der Waals surface area (Å²) in [5, 5.41) is 0. The van der Waals surface area contributed by atoms with Gasteiger partial charge in [-0.25, -0.2) is 9.82 Å². The highest BCUT2D eigenvalue weighted by Crippen LogP contribution is 2.27. The molecule has 0 aromatic heterocycles. The highest BCUT2D eigenvalue weighted by atomic mass is 79.9. The van der Waals surface area contributed by atoms with Crippen molar-refractivity contribution >= 4 is 15.9 Å². The van der Waals surface area contributed by atoms with Crippen molar-refractivity contribution in [3.8, 4) is 0 Å². The maximum Gasteiger partial charge on any atom is 0.142 e. The number of hydrogen-bond donors (Lipinski definition) is 2. The third-order valence-corrected chi connectivity index (χ3v) is 3.48. The van der Waals surface area contributed by atoms with Crippen LogP contribution in [0, 0.1) is 12.7 Å². The van der Waals surface area contributed by atoms with Crippen LogP contribution < -0.4 is 11.3 Å². The van der Waals surface area contributed by atoms with Crippen molar-refractivity contribution in [2.75, 3.05) is 0 Å². The van der Waals surface area contributed by atoms with Gasteiger partial charge in [0.2, 0.25) is 0 Å². The molecule has 18 heavy (non-hydrogen) atoms. The van der Waals surface area contributed by atoms with E-state index in [0.717, 1.165) is 11.1 Å². The second kappa shape index (κ2) is 5.61. The molecule has 3 N–H and O–H groups in total. The molecule has 2 aromatic carbocycles. The fraction of sp³-hybridized carbons (Fsp3) is 0.143. The Morgan fingerprint density at radius 1 is 1.17 bits per heavy atom. The quantitative estimate of drug-likeness (QED) is 0.673. The summed E-state index contributed by atoms with van der Waals surface area (Å²) in [4.78, 5) is 0. The average Bonchev–Trinajstić information content (AvgIpc) is 2.37. The average molecular weight is 309 g/mol. The van der Waals surface area contributed by atoms with E-state index >= 15 is 0 Å². The van der Waals surface area contributed by atoms with E-state index in [-0.39, 0.29) is 11.9 Å². The molecule has 0 saturated carbocycles. The Bertz CT molecular complexity index is 540. The van der Waals surface area contributed by atoms with Crippen molar-refractivity contribution in [2.45, 2.75) is 13.0 Å². The minimum Gasteiger partial charge on any atom is -0.271 e. The Hall–Kier alpha value is -1.23. The molecule has 0 amide bonds. The molecule has 0 bridgehead atoms. The van der Waals surface area contributed by atoms with Crippen LogP contribution in [0.4, 0.5) is 4.39 Å². The van der Waals surface area contributed by atoms with Gasteiger partial charge in [-0.15, -0.1) is 0 Å². The molecule has 0 saturated heterocycles. The number of halogens is 2. The third-order valence-electron chi connectivity index (χ3n) is 2.87. The molecule has 0 spiro atoms. The van der Waals surface area contributed by atoms with Gasteiger partial charge in [-0.3, -0.25) is 5.84 Å². The highest BCUT2D eigenvalue weighted by molar-refractivity contribution is 9.10. The summed E-state index contributed by atoms with van der Waals surface area (Å²) in [6, 6.07) is 12.7. The maximum atomic E-state index is 14.1. The van der Waals surface area contributed by atoms with E-state index in [9.17, 15) is 4.39 Å². The molecule has 0 aliphatic heterocycles. The summed E-state index contributed by atoms with van der Waals surface area (Å²) in [6.45, 7) is 2.01. The van der Waals surface area contributed by atoms with E-state index in [1.54, 1.807) is 18.2 Å². The smallest absolute Gasteiger partial charge is 0.142 e. The van der Waals surface area contributed by atoms with Crippen molar-refractivity contribution in [1.29, 1.82) is 0 Å². The number of aryl methyl sites for hydroxylation is 1. The van der Waals surface area contributed by atoms with Gasteiger partial charge in [0.1, 0.15) is 5.82 Å². The molecular formula is C14H14BrFN2. The predicted molar refractivity (Wildman–Crippen MR) is 74.4 cm³/mol.